The molecular weight excluding hydrogens is 534 g/mol. The van der Waals surface area contributed by atoms with E-state index in [0.29, 0.717) is 18.2 Å². The van der Waals surface area contributed by atoms with Gasteiger partial charge in [0.05, 0.1) is 28.7 Å². The van der Waals surface area contributed by atoms with Gasteiger partial charge in [0.15, 0.2) is 5.78 Å². The lowest BCUT2D eigenvalue weighted by Gasteiger charge is -2.15. The molecule has 0 saturated carbocycles. The van der Waals surface area contributed by atoms with Crippen LogP contribution in [0.15, 0.2) is 66.6 Å². The van der Waals surface area contributed by atoms with Gasteiger partial charge in [0.25, 0.3) is 11.8 Å². The molecule has 208 valence electrons. The van der Waals surface area contributed by atoms with Gasteiger partial charge in [0, 0.05) is 24.0 Å². The second-order valence-corrected chi connectivity index (χ2v) is 9.56. The highest BCUT2D eigenvalue weighted by molar-refractivity contribution is 6.34. The molecule has 0 aliphatic carbocycles. The monoisotopic (exact) mass is 563 g/mol. The Labute approximate surface area is 236 Å². The van der Waals surface area contributed by atoms with E-state index >= 15 is 0 Å². The number of allylic oxidation sites excluding steroid dienone is 1. The summed E-state index contributed by atoms with van der Waals surface area (Å²) >= 11 is 6.20. The summed E-state index contributed by atoms with van der Waals surface area (Å²) in [5.74, 6) is -0.432. The summed E-state index contributed by atoms with van der Waals surface area (Å²) in [6.45, 7) is 5.15. The van der Waals surface area contributed by atoms with Crippen molar-refractivity contribution < 1.29 is 19.1 Å². The molecule has 4 rings (SSSR count). The van der Waals surface area contributed by atoms with Crippen LogP contribution < -0.4 is 26.4 Å². The highest BCUT2D eigenvalue weighted by atomic mass is 35.5. The average Bonchev–Trinajstić information content (AvgIpc) is 3.45. The molecular formula is C28H30ClN7O4. The van der Waals surface area contributed by atoms with Gasteiger partial charge in [0.2, 0.25) is 5.95 Å². The van der Waals surface area contributed by atoms with Gasteiger partial charge in [-0.15, -0.1) is 0 Å². The summed E-state index contributed by atoms with van der Waals surface area (Å²) in [6.07, 6.45) is 6.44. The molecule has 1 fully saturated rings. The van der Waals surface area contributed by atoms with Crippen LogP contribution in [0.3, 0.4) is 0 Å². The quantitative estimate of drug-likeness (QED) is 0.254. The van der Waals surface area contributed by atoms with Crippen LogP contribution >= 0.6 is 11.6 Å². The molecule has 11 nitrogen and oxygen atoms in total. The molecule has 5 N–H and O–H groups in total. The normalized spacial score (nSPS) is 13.5. The Balaban J connectivity index is 1.30. The summed E-state index contributed by atoms with van der Waals surface area (Å²) in [4.78, 5) is 47.0. The number of ketones is 1. The smallest absolute Gasteiger partial charge is 0.271 e. The van der Waals surface area contributed by atoms with E-state index in [4.69, 9.17) is 22.1 Å². The topological polar surface area (TPSA) is 152 Å². The summed E-state index contributed by atoms with van der Waals surface area (Å²) < 4.78 is 5.83. The predicted molar refractivity (Wildman–Crippen MR) is 154 cm³/mol. The number of hydrogen-bond donors (Lipinski definition) is 4. The molecule has 40 heavy (non-hydrogen) atoms. The van der Waals surface area contributed by atoms with E-state index in [0.717, 1.165) is 37.1 Å². The number of halogens is 1. The number of likely N-dealkylation sites (tertiary alicyclic amines) is 1. The number of anilines is 4. The minimum atomic E-state index is -0.681. The molecule has 0 atom stereocenters. The fourth-order valence-corrected chi connectivity index (χ4v) is 4.19. The van der Waals surface area contributed by atoms with Gasteiger partial charge in [-0.05, 0) is 75.3 Å². The maximum atomic E-state index is 12.8. The number of amides is 2. The molecule has 2 amide bonds. The molecule has 1 aromatic heterocycles. The first-order chi connectivity index (χ1) is 19.3. The zero-order chi connectivity index (χ0) is 28.5. The van der Waals surface area contributed by atoms with Crippen molar-refractivity contribution in [2.45, 2.75) is 19.8 Å². The Morgan fingerprint density at radius 2 is 1.68 bits per heavy atom. The van der Waals surface area contributed by atoms with Crippen LogP contribution in [0.1, 0.15) is 30.1 Å². The molecule has 1 aliphatic heterocycles. The van der Waals surface area contributed by atoms with Crippen molar-refractivity contribution in [2.24, 2.45) is 5.73 Å². The molecule has 1 aliphatic rings. The van der Waals surface area contributed by atoms with E-state index in [1.54, 1.807) is 0 Å². The first-order valence-corrected chi connectivity index (χ1v) is 13.1. The van der Waals surface area contributed by atoms with Crippen LogP contribution in [-0.4, -0.2) is 58.7 Å². The van der Waals surface area contributed by atoms with Crippen molar-refractivity contribution in [1.29, 1.82) is 0 Å². The number of benzene rings is 2. The van der Waals surface area contributed by atoms with E-state index in [-0.39, 0.29) is 27.8 Å². The summed E-state index contributed by atoms with van der Waals surface area (Å²) in [5.41, 5.74) is 6.86. The third-order valence-electron chi connectivity index (χ3n) is 5.98. The molecule has 0 unspecified atom stereocenters. The first-order valence-electron chi connectivity index (χ1n) is 12.7. The Morgan fingerprint density at radius 1 is 1.00 bits per heavy atom. The number of hydrogen-bond acceptors (Lipinski definition) is 9. The molecule has 3 aromatic rings. The summed E-state index contributed by atoms with van der Waals surface area (Å²) in [7, 11) is 0. The van der Waals surface area contributed by atoms with Crippen molar-refractivity contribution in [3.63, 3.8) is 0 Å². The average molecular weight is 564 g/mol. The SMILES string of the molecule is CC(=O)C=C(N)C(=O)Nc1ccc(Cl)c(C(=O)Nc2cnc(Nc3ccc(OCCN4CCCC4)cc3)nc2)c1. The maximum absolute atomic E-state index is 12.8. The summed E-state index contributed by atoms with van der Waals surface area (Å²) in [6, 6.07) is 11.9. The van der Waals surface area contributed by atoms with E-state index < -0.39 is 11.8 Å². The number of nitrogens with two attached hydrogens (primary N) is 1. The van der Waals surface area contributed by atoms with Crippen molar-refractivity contribution in [3.8, 4) is 5.75 Å². The fourth-order valence-electron chi connectivity index (χ4n) is 3.98. The Hall–Kier alpha value is -4.48. The van der Waals surface area contributed by atoms with Crippen molar-refractivity contribution in [1.82, 2.24) is 14.9 Å². The van der Waals surface area contributed by atoms with E-state index in [1.807, 2.05) is 24.3 Å². The Morgan fingerprint density at radius 3 is 2.35 bits per heavy atom. The highest BCUT2D eigenvalue weighted by Gasteiger charge is 2.15. The minimum absolute atomic E-state index is 0.110. The second kappa shape index (κ2) is 13.5. The van der Waals surface area contributed by atoms with Crippen LogP contribution in [0.25, 0.3) is 0 Å². The number of nitrogens with one attached hydrogen (secondary N) is 3. The molecule has 0 bridgehead atoms. The number of nitrogens with zero attached hydrogens (tertiary/aromatic N) is 3. The largest absolute Gasteiger partial charge is 0.492 e. The minimum Gasteiger partial charge on any atom is -0.492 e. The Kier molecular flexibility index (Phi) is 9.66. The predicted octanol–water partition coefficient (Wildman–Crippen LogP) is 3.97. The Bertz CT molecular complexity index is 1390. The molecule has 0 radical (unpaired) electrons. The number of ether oxygens (including phenoxy) is 1. The standard InChI is InChI=1S/C28H30ClN7O4/c1-18(37)14-25(30)27(39)33-20-6-9-24(29)23(15-20)26(38)34-21-16-31-28(32-17-21)35-19-4-7-22(8-5-19)40-13-12-36-10-2-3-11-36/h4-9,14-17H,2-3,10-13,30H2,1H3,(H,33,39)(H,34,38)(H,31,32,35). The molecule has 2 aromatic carbocycles. The van der Waals surface area contributed by atoms with Gasteiger partial charge < -0.3 is 26.4 Å². The number of aromatic nitrogens is 2. The number of carbonyl (C=O) groups is 3. The highest BCUT2D eigenvalue weighted by Crippen LogP contribution is 2.23. The number of rotatable bonds is 11. The van der Waals surface area contributed by atoms with Gasteiger partial charge >= 0.3 is 0 Å². The maximum Gasteiger partial charge on any atom is 0.271 e. The molecule has 1 saturated heterocycles. The molecule has 12 heteroatoms. The van der Waals surface area contributed by atoms with Gasteiger partial charge in [-0.25, -0.2) is 9.97 Å². The summed E-state index contributed by atoms with van der Waals surface area (Å²) in [5, 5.41) is 8.48. The van der Waals surface area contributed by atoms with Crippen LogP contribution in [-0.2, 0) is 9.59 Å². The van der Waals surface area contributed by atoms with E-state index in [1.165, 1.54) is 50.4 Å². The van der Waals surface area contributed by atoms with Gasteiger partial charge in [-0.1, -0.05) is 11.6 Å². The van der Waals surface area contributed by atoms with Crippen LogP contribution in [0.5, 0.6) is 5.75 Å². The van der Waals surface area contributed by atoms with Gasteiger partial charge in [0.1, 0.15) is 18.1 Å². The van der Waals surface area contributed by atoms with Gasteiger partial charge in [-0.2, -0.15) is 0 Å². The third-order valence-corrected chi connectivity index (χ3v) is 6.31. The second-order valence-electron chi connectivity index (χ2n) is 9.16. The lowest BCUT2D eigenvalue weighted by Crippen LogP contribution is -2.25. The van der Waals surface area contributed by atoms with Crippen LogP contribution in [0, 0.1) is 0 Å². The van der Waals surface area contributed by atoms with Crippen molar-refractivity contribution >= 4 is 52.2 Å². The third kappa shape index (κ3) is 8.26. The lowest BCUT2D eigenvalue weighted by atomic mass is 10.1. The van der Waals surface area contributed by atoms with Gasteiger partial charge in [-0.3, -0.25) is 19.3 Å². The van der Waals surface area contributed by atoms with E-state index in [2.05, 4.69) is 30.8 Å². The van der Waals surface area contributed by atoms with Crippen molar-refractivity contribution in [3.05, 3.63) is 77.2 Å². The zero-order valence-electron chi connectivity index (χ0n) is 21.9. The first kappa shape index (κ1) is 28.5. The van der Waals surface area contributed by atoms with Crippen LogP contribution in [0.2, 0.25) is 5.02 Å². The van der Waals surface area contributed by atoms with Crippen LogP contribution in [0.4, 0.5) is 23.0 Å². The van der Waals surface area contributed by atoms with Crippen molar-refractivity contribution in [2.75, 3.05) is 42.2 Å². The zero-order valence-corrected chi connectivity index (χ0v) is 22.7. The molecule has 0 spiro atoms. The van der Waals surface area contributed by atoms with E-state index in [9.17, 15) is 14.4 Å². The fraction of sp³-hybridized carbons (Fsp3) is 0.250. The lowest BCUT2D eigenvalue weighted by molar-refractivity contribution is -0.115. The molecule has 2 heterocycles. The number of carbonyl (C=O) groups excluding carboxylic acids is 3.